The molecule has 0 aromatic heterocycles. The van der Waals surface area contributed by atoms with E-state index in [1.54, 1.807) is 0 Å². The minimum Gasteiger partial charge on any atom is -0.334 e. The number of halogens is 1. The molecule has 2 aromatic rings. The number of Topliss-reactive ketones (excluding diaryl/α,β-unsaturated/α-hetero) is 1. The van der Waals surface area contributed by atoms with E-state index in [9.17, 15) is 14.0 Å². The summed E-state index contributed by atoms with van der Waals surface area (Å²) in [6, 6.07) is 3.24. The molecule has 2 aliphatic heterocycles. The molecule has 0 saturated carbocycles. The summed E-state index contributed by atoms with van der Waals surface area (Å²) in [5, 5.41) is 0. The number of nitrogens with zero attached hydrogens (tertiary/aromatic N) is 2. The van der Waals surface area contributed by atoms with Crippen molar-refractivity contribution < 1.29 is 22.2 Å². The first-order valence-corrected chi connectivity index (χ1v) is 8.96. The first-order valence-electron chi connectivity index (χ1n) is 12.0. The Bertz CT molecular complexity index is 1120. The van der Waals surface area contributed by atoms with Crippen LogP contribution in [0.2, 0.25) is 0 Å². The average molecular weight is 372 g/mol. The number of carbonyl (C=O) groups excluding carboxylic acids is 2. The molecule has 4 rings (SSSR count). The smallest absolute Gasteiger partial charge is 0.254 e. The van der Waals surface area contributed by atoms with Gasteiger partial charge in [0.05, 0.1) is 14.8 Å². The molecule has 0 aliphatic carbocycles. The van der Waals surface area contributed by atoms with Crippen LogP contribution in [0.1, 0.15) is 47.3 Å². The fourth-order valence-electron chi connectivity index (χ4n) is 3.52. The molecule has 1 amide bonds. The Morgan fingerprint density at radius 2 is 1.89 bits per heavy atom. The van der Waals surface area contributed by atoms with Gasteiger partial charge in [0.25, 0.3) is 5.91 Å². The molecule has 2 heterocycles. The first kappa shape index (κ1) is 12.0. The van der Waals surface area contributed by atoms with Crippen LogP contribution in [-0.4, -0.2) is 47.7 Å². The average Bonchev–Trinajstić information content (AvgIpc) is 2.98. The van der Waals surface area contributed by atoms with Crippen molar-refractivity contribution in [3.05, 3.63) is 70.9 Å². The Hall–Kier alpha value is -2.53. The highest BCUT2D eigenvalue weighted by Crippen LogP contribution is 2.26. The lowest BCUT2D eigenvalue weighted by atomic mass is 9.95. The third kappa shape index (κ3) is 3.93. The van der Waals surface area contributed by atoms with E-state index in [0.717, 1.165) is 4.90 Å². The summed E-state index contributed by atoms with van der Waals surface area (Å²) in [4.78, 5) is 28.4. The number of amides is 1. The molecular weight excluding hydrogens is 343 g/mol. The molecule has 27 heavy (non-hydrogen) atoms. The summed E-state index contributed by atoms with van der Waals surface area (Å²) < 4.78 is 61.7. The highest BCUT2D eigenvalue weighted by atomic mass is 19.1. The standard InChI is InChI=1S/C22H23FN2O2/c23-19-7-5-17(6-8-19)21(26)15-24-11-9-16(10-12-24)13-25-14-18-3-1-2-4-20(18)22(25)27/h1-8,16H,9-15H2/i1D,2D,3D,4D,14D2. The van der Waals surface area contributed by atoms with Gasteiger partial charge in [-0.1, -0.05) is 18.1 Å². The van der Waals surface area contributed by atoms with E-state index < -0.39 is 42.4 Å². The first-order chi connectivity index (χ1) is 15.5. The summed E-state index contributed by atoms with van der Waals surface area (Å²) in [7, 11) is 0. The van der Waals surface area contributed by atoms with Gasteiger partial charge in [-0.15, -0.1) is 0 Å². The lowest BCUT2D eigenvalue weighted by molar-refractivity contribution is 0.0707. The Morgan fingerprint density at radius 3 is 2.63 bits per heavy atom. The van der Waals surface area contributed by atoms with Crippen molar-refractivity contribution in [2.24, 2.45) is 5.92 Å². The quantitative estimate of drug-likeness (QED) is 0.756. The van der Waals surface area contributed by atoms with Crippen LogP contribution in [0.15, 0.2) is 48.4 Å². The fourth-order valence-corrected chi connectivity index (χ4v) is 3.52. The van der Waals surface area contributed by atoms with Crippen molar-refractivity contribution in [2.45, 2.75) is 19.3 Å². The van der Waals surface area contributed by atoms with Crippen molar-refractivity contribution in [1.82, 2.24) is 9.80 Å². The SMILES string of the molecule is [2H]c1c([2H])c([2H])c2c(c1[2H])C(=O)N(CC1CCN(CC(=O)c3ccc(F)cc3)CC1)C2([2H])[2H]. The zero-order valence-electron chi connectivity index (χ0n) is 20.7. The maximum Gasteiger partial charge on any atom is 0.254 e. The molecular formula is C22H23FN2O2. The summed E-state index contributed by atoms with van der Waals surface area (Å²) in [5.41, 5.74) is -0.166. The zero-order valence-corrected chi connectivity index (χ0v) is 14.7. The van der Waals surface area contributed by atoms with Crippen LogP contribution in [0.25, 0.3) is 0 Å². The van der Waals surface area contributed by atoms with Gasteiger partial charge >= 0.3 is 0 Å². The molecule has 2 aromatic carbocycles. The van der Waals surface area contributed by atoms with Crippen molar-refractivity contribution in [2.75, 3.05) is 26.2 Å². The highest BCUT2D eigenvalue weighted by Gasteiger charge is 2.30. The molecule has 2 aliphatic rings. The second-order valence-electron chi connectivity index (χ2n) is 6.93. The molecule has 0 bridgehead atoms. The van der Waals surface area contributed by atoms with E-state index in [2.05, 4.69) is 0 Å². The maximum absolute atomic E-state index is 13.1. The van der Waals surface area contributed by atoms with E-state index >= 15 is 0 Å². The molecule has 0 N–H and O–H groups in total. The van der Waals surface area contributed by atoms with Crippen LogP contribution in [0.3, 0.4) is 0 Å². The van der Waals surface area contributed by atoms with Crippen molar-refractivity contribution in [1.29, 1.82) is 0 Å². The number of likely N-dealkylation sites (tertiary alicyclic amines) is 1. The van der Waals surface area contributed by atoms with Crippen LogP contribution in [-0.2, 0) is 6.50 Å². The Balaban J connectivity index is 1.42. The minimum atomic E-state index is -2.33. The molecule has 0 atom stereocenters. The van der Waals surface area contributed by atoms with Crippen LogP contribution in [0.5, 0.6) is 0 Å². The molecule has 0 spiro atoms. The molecule has 140 valence electrons. The summed E-state index contributed by atoms with van der Waals surface area (Å²) in [5.74, 6) is -1.28. The summed E-state index contributed by atoms with van der Waals surface area (Å²) in [6.07, 6.45) is 1.25. The van der Waals surface area contributed by atoms with Gasteiger partial charge in [-0.25, -0.2) is 4.39 Å². The number of fused-ring (bicyclic) bond motifs is 1. The Labute approximate surface area is 167 Å². The monoisotopic (exact) mass is 372 g/mol. The number of piperidine rings is 1. The largest absolute Gasteiger partial charge is 0.334 e. The topological polar surface area (TPSA) is 40.6 Å². The Morgan fingerprint density at radius 1 is 1.19 bits per heavy atom. The van der Waals surface area contributed by atoms with E-state index in [4.69, 9.17) is 8.22 Å². The highest BCUT2D eigenvalue weighted by molar-refractivity contribution is 5.98. The number of ketones is 1. The predicted octanol–water partition coefficient (Wildman–Crippen LogP) is 3.38. The van der Waals surface area contributed by atoms with Crippen LogP contribution < -0.4 is 0 Å². The fraction of sp³-hybridized carbons (Fsp3) is 0.364. The molecule has 1 fully saturated rings. The van der Waals surface area contributed by atoms with Gasteiger partial charge in [0, 0.05) is 24.2 Å². The lowest BCUT2D eigenvalue weighted by Crippen LogP contribution is -2.40. The second-order valence-corrected chi connectivity index (χ2v) is 6.93. The zero-order chi connectivity index (χ0) is 24.1. The predicted molar refractivity (Wildman–Crippen MR) is 101 cm³/mol. The normalized spacial score (nSPS) is 23.0. The summed E-state index contributed by atoms with van der Waals surface area (Å²) in [6.45, 7) is -0.901. The second kappa shape index (κ2) is 7.61. The van der Waals surface area contributed by atoms with Crippen molar-refractivity contribution in [3.8, 4) is 0 Å². The number of hydrogen-bond acceptors (Lipinski definition) is 3. The van der Waals surface area contributed by atoms with Crippen molar-refractivity contribution in [3.63, 3.8) is 0 Å². The van der Waals surface area contributed by atoms with E-state index in [-0.39, 0.29) is 35.9 Å². The number of carbonyl (C=O) groups is 2. The van der Waals surface area contributed by atoms with Gasteiger partial charge in [-0.2, -0.15) is 0 Å². The van der Waals surface area contributed by atoms with Gasteiger partial charge in [-0.05, 0) is 67.7 Å². The summed E-state index contributed by atoms with van der Waals surface area (Å²) >= 11 is 0. The number of hydrogen-bond donors (Lipinski definition) is 0. The van der Waals surface area contributed by atoms with E-state index in [0.29, 0.717) is 31.5 Å². The van der Waals surface area contributed by atoms with Crippen LogP contribution >= 0.6 is 0 Å². The van der Waals surface area contributed by atoms with E-state index in [1.807, 2.05) is 4.90 Å². The third-order valence-corrected chi connectivity index (χ3v) is 5.07. The van der Waals surface area contributed by atoms with Gasteiger partial charge in [0.2, 0.25) is 0 Å². The van der Waals surface area contributed by atoms with Gasteiger partial charge < -0.3 is 4.90 Å². The molecule has 0 unspecified atom stereocenters. The molecule has 4 nitrogen and oxygen atoms in total. The number of rotatable bonds is 5. The molecule has 1 saturated heterocycles. The van der Waals surface area contributed by atoms with Gasteiger partial charge in [0.15, 0.2) is 5.78 Å². The van der Waals surface area contributed by atoms with E-state index in [1.165, 1.54) is 24.3 Å². The van der Waals surface area contributed by atoms with Crippen LogP contribution in [0, 0.1) is 11.7 Å². The molecule has 0 radical (unpaired) electrons. The molecule has 5 heteroatoms. The lowest BCUT2D eigenvalue weighted by Gasteiger charge is -2.33. The minimum absolute atomic E-state index is 0.0372. The number of benzene rings is 2. The third-order valence-electron chi connectivity index (χ3n) is 5.07. The van der Waals surface area contributed by atoms with Gasteiger partial charge in [0.1, 0.15) is 5.82 Å². The Kier molecular flexibility index (Phi) is 3.39. The van der Waals surface area contributed by atoms with Crippen molar-refractivity contribution >= 4 is 11.7 Å². The van der Waals surface area contributed by atoms with Gasteiger partial charge in [-0.3, -0.25) is 14.5 Å². The van der Waals surface area contributed by atoms with Crippen LogP contribution in [0.4, 0.5) is 4.39 Å². The maximum atomic E-state index is 13.1.